The number of carboxylic acids is 1. The lowest BCUT2D eigenvalue weighted by atomic mass is 10.2. The fraction of sp³-hybridized carbons (Fsp3) is 0.273. The number of nitrogens with one attached hydrogen (secondary N) is 1. The molecule has 0 saturated heterocycles. The Morgan fingerprint density at radius 3 is 2.50 bits per heavy atom. The van der Waals surface area contributed by atoms with Crippen LogP contribution in [0.4, 0.5) is 0 Å². The maximum absolute atomic E-state index is 11.7. The van der Waals surface area contributed by atoms with E-state index in [-0.39, 0.29) is 15.5 Å². The number of hydrogen-bond donors (Lipinski definition) is 3. The van der Waals surface area contributed by atoms with Crippen molar-refractivity contribution >= 4 is 33.3 Å². The highest BCUT2D eigenvalue weighted by Crippen LogP contribution is 2.22. The third-order valence-electron chi connectivity index (χ3n) is 2.33. The van der Waals surface area contributed by atoms with Gasteiger partial charge < -0.3 is 15.5 Å². The molecule has 1 atom stereocenters. The number of carboxylic acid groups (broad SMARTS) is 1. The van der Waals surface area contributed by atoms with Crippen LogP contribution >= 0.6 is 11.6 Å². The minimum Gasteiger partial charge on any atom is -0.479 e. The molecule has 1 amide bonds. The highest BCUT2D eigenvalue weighted by Gasteiger charge is 2.18. The summed E-state index contributed by atoms with van der Waals surface area (Å²) >= 11 is 5.73. The van der Waals surface area contributed by atoms with Crippen LogP contribution < -0.4 is 5.32 Å². The monoisotopic (exact) mass is 321 g/mol. The molecule has 0 bridgehead atoms. The number of sulfone groups is 1. The first kappa shape index (κ1) is 16.4. The number of amides is 1. The molecular formula is C11H12ClNO6S. The largest absolute Gasteiger partial charge is 0.479 e. The molecule has 3 N–H and O–H groups in total. The van der Waals surface area contributed by atoms with E-state index in [0.717, 1.165) is 12.3 Å². The minimum atomic E-state index is -3.59. The third kappa shape index (κ3) is 4.19. The number of halogens is 1. The van der Waals surface area contributed by atoms with Gasteiger partial charge in [0, 0.05) is 11.8 Å². The first-order chi connectivity index (χ1) is 9.12. The average Bonchev–Trinajstić information content (AvgIpc) is 2.34. The fourth-order valence-electron chi connectivity index (χ4n) is 1.31. The zero-order valence-electron chi connectivity index (χ0n) is 10.3. The number of hydrogen-bond acceptors (Lipinski definition) is 5. The molecule has 0 radical (unpaired) electrons. The van der Waals surface area contributed by atoms with E-state index in [9.17, 15) is 18.0 Å². The molecule has 1 aromatic rings. The maximum Gasteiger partial charge on any atom is 0.334 e. The summed E-state index contributed by atoms with van der Waals surface area (Å²) in [5, 5.41) is 19.6. The molecule has 110 valence electrons. The molecule has 1 rings (SSSR count). The van der Waals surface area contributed by atoms with E-state index in [2.05, 4.69) is 5.32 Å². The fourth-order valence-corrected chi connectivity index (χ4v) is 2.61. The molecule has 0 aliphatic heterocycles. The standard InChI is InChI=1S/C11H12ClNO6S/c1-20(18,19)9-4-6(2-3-7(9)12)10(15)13-5-8(14)11(16)17/h2-4,8,14H,5H2,1H3,(H,13,15)(H,16,17)/t8-/m0/s1. The smallest absolute Gasteiger partial charge is 0.334 e. The Morgan fingerprint density at radius 1 is 1.40 bits per heavy atom. The normalized spacial score (nSPS) is 12.8. The molecule has 0 aliphatic rings. The number of benzene rings is 1. The summed E-state index contributed by atoms with van der Waals surface area (Å²) in [5.41, 5.74) is -0.00702. The first-order valence-electron chi connectivity index (χ1n) is 5.31. The average molecular weight is 322 g/mol. The number of rotatable bonds is 5. The Bertz CT molecular complexity index is 642. The summed E-state index contributed by atoms with van der Waals surface area (Å²) in [5.74, 6) is -2.19. The summed E-state index contributed by atoms with van der Waals surface area (Å²) in [4.78, 5) is 21.9. The highest BCUT2D eigenvalue weighted by molar-refractivity contribution is 7.90. The lowest BCUT2D eigenvalue weighted by Crippen LogP contribution is -2.36. The van der Waals surface area contributed by atoms with Crippen molar-refractivity contribution in [2.24, 2.45) is 0 Å². The van der Waals surface area contributed by atoms with Crippen molar-refractivity contribution < 1.29 is 28.2 Å². The van der Waals surface area contributed by atoms with E-state index < -0.39 is 34.4 Å². The molecule has 0 saturated carbocycles. The minimum absolute atomic E-state index is 0.00702. The van der Waals surface area contributed by atoms with E-state index in [1.165, 1.54) is 12.1 Å². The SMILES string of the molecule is CS(=O)(=O)c1cc(C(=O)NC[C@H](O)C(=O)O)ccc1Cl. The number of carbonyl (C=O) groups excluding carboxylic acids is 1. The number of carbonyl (C=O) groups is 2. The van der Waals surface area contributed by atoms with Crippen LogP contribution in [-0.4, -0.2) is 49.4 Å². The van der Waals surface area contributed by atoms with E-state index in [1.54, 1.807) is 0 Å². The summed E-state index contributed by atoms with van der Waals surface area (Å²) in [7, 11) is -3.59. The van der Waals surface area contributed by atoms with Crippen LogP contribution in [0.25, 0.3) is 0 Å². The van der Waals surface area contributed by atoms with Gasteiger partial charge >= 0.3 is 5.97 Å². The number of aliphatic hydroxyl groups excluding tert-OH is 1. The van der Waals surface area contributed by atoms with Crippen molar-refractivity contribution in [3.63, 3.8) is 0 Å². The summed E-state index contributed by atoms with van der Waals surface area (Å²) in [6, 6.07) is 3.63. The highest BCUT2D eigenvalue weighted by atomic mass is 35.5. The summed E-state index contributed by atoms with van der Waals surface area (Å²) < 4.78 is 22.9. The topological polar surface area (TPSA) is 121 Å². The second-order valence-corrected chi connectivity index (χ2v) is 6.37. The van der Waals surface area contributed by atoms with Gasteiger partial charge in [0.1, 0.15) is 0 Å². The van der Waals surface area contributed by atoms with Crippen molar-refractivity contribution in [1.82, 2.24) is 5.32 Å². The Hall–Kier alpha value is -1.64. The lowest BCUT2D eigenvalue weighted by molar-refractivity contribution is -0.146. The second kappa shape index (κ2) is 6.21. The Labute approximate surface area is 120 Å². The third-order valence-corrected chi connectivity index (χ3v) is 3.91. The van der Waals surface area contributed by atoms with Gasteiger partial charge in [0.15, 0.2) is 15.9 Å². The van der Waals surface area contributed by atoms with Gasteiger partial charge in [-0.2, -0.15) is 0 Å². The van der Waals surface area contributed by atoms with Gasteiger partial charge in [-0.15, -0.1) is 0 Å². The van der Waals surface area contributed by atoms with Gasteiger partial charge in [-0.05, 0) is 18.2 Å². The zero-order valence-corrected chi connectivity index (χ0v) is 11.9. The predicted molar refractivity (Wildman–Crippen MR) is 70.5 cm³/mol. The van der Waals surface area contributed by atoms with Crippen molar-refractivity contribution in [3.8, 4) is 0 Å². The quantitative estimate of drug-likeness (QED) is 0.697. The Morgan fingerprint density at radius 2 is 2.00 bits per heavy atom. The molecule has 1 aromatic carbocycles. The number of aliphatic carboxylic acids is 1. The van der Waals surface area contributed by atoms with Gasteiger partial charge in [-0.25, -0.2) is 13.2 Å². The van der Waals surface area contributed by atoms with Crippen molar-refractivity contribution in [1.29, 1.82) is 0 Å². The van der Waals surface area contributed by atoms with E-state index in [1.807, 2.05) is 0 Å². The van der Waals surface area contributed by atoms with Crippen LogP contribution in [0, 0.1) is 0 Å². The van der Waals surface area contributed by atoms with Crippen LogP contribution in [-0.2, 0) is 14.6 Å². The Kier molecular flexibility index (Phi) is 5.09. The van der Waals surface area contributed by atoms with Crippen LogP contribution in [0.5, 0.6) is 0 Å². The maximum atomic E-state index is 11.7. The van der Waals surface area contributed by atoms with E-state index >= 15 is 0 Å². The molecule has 0 heterocycles. The molecule has 0 unspecified atom stereocenters. The van der Waals surface area contributed by atoms with Gasteiger partial charge in [0.25, 0.3) is 5.91 Å². The van der Waals surface area contributed by atoms with Crippen LogP contribution in [0.2, 0.25) is 5.02 Å². The first-order valence-corrected chi connectivity index (χ1v) is 7.58. The molecule has 0 fully saturated rings. The Balaban J connectivity index is 2.93. The van der Waals surface area contributed by atoms with E-state index in [4.69, 9.17) is 21.8 Å². The van der Waals surface area contributed by atoms with E-state index in [0.29, 0.717) is 0 Å². The molecule has 7 nitrogen and oxygen atoms in total. The molecule has 0 aromatic heterocycles. The summed E-state index contributed by atoms with van der Waals surface area (Å²) in [6.45, 7) is -0.495. The molecular weight excluding hydrogens is 310 g/mol. The summed E-state index contributed by atoms with van der Waals surface area (Å²) in [6.07, 6.45) is -0.787. The zero-order chi connectivity index (χ0) is 15.5. The molecule has 0 aliphatic carbocycles. The van der Waals surface area contributed by atoms with Gasteiger partial charge in [-0.1, -0.05) is 11.6 Å². The van der Waals surface area contributed by atoms with Gasteiger partial charge in [0.05, 0.1) is 16.5 Å². The number of aliphatic hydroxyl groups is 1. The molecule has 0 spiro atoms. The molecule has 20 heavy (non-hydrogen) atoms. The second-order valence-electron chi connectivity index (χ2n) is 3.98. The van der Waals surface area contributed by atoms with Gasteiger partial charge in [-0.3, -0.25) is 4.79 Å². The van der Waals surface area contributed by atoms with Gasteiger partial charge in [0.2, 0.25) is 0 Å². The predicted octanol–water partition coefficient (Wildman–Crippen LogP) is -0.0812. The van der Waals surface area contributed by atoms with Crippen molar-refractivity contribution in [3.05, 3.63) is 28.8 Å². The van der Waals surface area contributed by atoms with Crippen LogP contribution in [0.15, 0.2) is 23.1 Å². The molecule has 9 heteroatoms. The van der Waals surface area contributed by atoms with Crippen molar-refractivity contribution in [2.45, 2.75) is 11.0 Å². The van der Waals surface area contributed by atoms with Crippen LogP contribution in [0.1, 0.15) is 10.4 Å². The van der Waals surface area contributed by atoms with Crippen molar-refractivity contribution in [2.75, 3.05) is 12.8 Å². The lowest BCUT2D eigenvalue weighted by Gasteiger charge is -2.09. The van der Waals surface area contributed by atoms with Crippen LogP contribution in [0.3, 0.4) is 0 Å².